The maximum absolute atomic E-state index is 9.71. The van der Waals surface area contributed by atoms with Gasteiger partial charge in [0.05, 0.1) is 23.3 Å². The third-order valence-electron chi connectivity index (χ3n) is 8.75. The number of hydrogen-bond donors (Lipinski definition) is 0. The summed E-state index contributed by atoms with van der Waals surface area (Å²) in [5.74, 6) is 0. The Balaban J connectivity index is 1.35. The van der Waals surface area contributed by atoms with Gasteiger partial charge < -0.3 is 4.42 Å². The minimum absolute atomic E-state index is 0.0150. The first-order valence-corrected chi connectivity index (χ1v) is 15.5. The molecule has 1 aromatic heterocycles. The van der Waals surface area contributed by atoms with Gasteiger partial charge >= 0.3 is 0 Å². The molecule has 10 rings (SSSR count). The van der Waals surface area contributed by atoms with E-state index in [9.17, 15) is 9.60 Å². The number of hydrogen-bond acceptors (Lipinski definition) is 1. The fraction of sp³-hybridized carbons (Fsp3) is 0. The SMILES string of the molecule is [2H]c1c([2H])c([2H])c(-c2c3ccccc3c(-c3c([2H])c([2H])c4c(oc5c([2H])c([2H])c6c([2H])c([2H])c([2H])c([2H])c6c54)c3[2H])c3ccccc23)c(-c2c([2H])c([2H])c(-c3ccccc3)c([2H])c2[2H])c1[2H]. The molecule has 0 radical (unpaired) electrons. The van der Waals surface area contributed by atoms with Crippen LogP contribution in [0.15, 0.2) is 186 Å². The zero-order valence-corrected chi connectivity index (χ0v) is 25.4. The van der Waals surface area contributed by atoms with Gasteiger partial charge in [0.2, 0.25) is 0 Å². The van der Waals surface area contributed by atoms with Gasteiger partial charge in [-0.1, -0.05) is 163 Å². The molecule has 228 valence electrons. The standard InChI is InChI=1S/C48H30O/c1-2-12-31(13-3-1)32-22-24-34(25-23-32)36-15-6-7-17-38(36)47-41-20-10-8-18-39(41)46(40-19-9-11-21-42(40)47)35-26-28-43-45(30-35)49-44-29-27-33-14-4-5-16-37(33)48(43)44/h1-30H/i4D,5D,6D,7D,14D,15D,16D,17D,22D,23D,24D,25D,26D,27D,28D,29D,30D. The highest BCUT2D eigenvalue weighted by Gasteiger charge is 2.20. The van der Waals surface area contributed by atoms with Gasteiger partial charge in [0.25, 0.3) is 0 Å². The Morgan fingerprint density at radius 3 is 1.69 bits per heavy atom. The molecule has 0 aliphatic heterocycles. The highest BCUT2D eigenvalue weighted by atomic mass is 16.3. The monoisotopic (exact) mass is 639 g/mol. The molecule has 1 heteroatoms. The summed E-state index contributed by atoms with van der Waals surface area (Å²) in [6.45, 7) is 0. The fourth-order valence-corrected chi connectivity index (χ4v) is 6.61. The van der Waals surface area contributed by atoms with Crippen molar-refractivity contribution in [2.24, 2.45) is 0 Å². The zero-order chi connectivity index (χ0) is 47.1. The molecule has 0 saturated heterocycles. The van der Waals surface area contributed by atoms with Gasteiger partial charge in [-0.3, -0.25) is 0 Å². The number of benzene rings is 9. The van der Waals surface area contributed by atoms with Crippen molar-refractivity contribution < 1.29 is 27.7 Å². The highest BCUT2D eigenvalue weighted by molar-refractivity contribution is 6.24. The van der Waals surface area contributed by atoms with Gasteiger partial charge in [-0.2, -0.15) is 0 Å². The first kappa shape index (κ1) is 15.6. The molecular weight excluding hydrogens is 593 g/mol. The van der Waals surface area contributed by atoms with E-state index in [0.29, 0.717) is 27.1 Å². The van der Waals surface area contributed by atoms with Crippen LogP contribution < -0.4 is 0 Å². The van der Waals surface area contributed by atoms with Crippen LogP contribution >= 0.6 is 0 Å². The van der Waals surface area contributed by atoms with Crippen LogP contribution in [-0.4, -0.2) is 0 Å². The minimum Gasteiger partial charge on any atom is -0.456 e. The van der Waals surface area contributed by atoms with E-state index in [0.717, 1.165) is 0 Å². The molecule has 0 spiro atoms. The molecule has 0 aliphatic carbocycles. The molecule has 0 bridgehead atoms. The first-order chi connectivity index (χ1) is 31.4. The molecule has 0 fully saturated rings. The van der Waals surface area contributed by atoms with Gasteiger partial charge in [-0.15, -0.1) is 0 Å². The Bertz CT molecular complexity index is 3760. The summed E-state index contributed by atoms with van der Waals surface area (Å²) < 4.78 is 160. The smallest absolute Gasteiger partial charge is 0.136 e. The molecule has 0 saturated carbocycles. The van der Waals surface area contributed by atoms with Crippen molar-refractivity contribution in [1.82, 2.24) is 0 Å². The number of furan rings is 1. The molecule has 49 heavy (non-hydrogen) atoms. The van der Waals surface area contributed by atoms with Crippen LogP contribution in [0.25, 0.3) is 98.8 Å². The topological polar surface area (TPSA) is 13.1 Å². The Morgan fingerprint density at radius 1 is 0.367 bits per heavy atom. The van der Waals surface area contributed by atoms with Crippen molar-refractivity contribution in [3.63, 3.8) is 0 Å². The first-order valence-electron chi connectivity index (χ1n) is 24.0. The van der Waals surface area contributed by atoms with Gasteiger partial charge in [0.15, 0.2) is 0 Å². The third-order valence-corrected chi connectivity index (χ3v) is 8.75. The van der Waals surface area contributed by atoms with Gasteiger partial charge in [-0.05, 0) is 95.0 Å². The van der Waals surface area contributed by atoms with Gasteiger partial charge in [-0.25, -0.2) is 0 Å². The van der Waals surface area contributed by atoms with Crippen LogP contribution in [0.2, 0.25) is 0 Å². The van der Waals surface area contributed by atoms with Crippen LogP contribution in [0, 0.1) is 0 Å². The Labute approximate surface area is 308 Å². The van der Waals surface area contributed by atoms with E-state index in [2.05, 4.69) is 0 Å². The predicted octanol–water partition coefficient (Wildman–Crippen LogP) is 13.7. The van der Waals surface area contributed by atoms with Crippen molar-refractivity contribution in [3.05, 3.63) is 182 Å². The Kier molecular flexibility index (Phi) is 3.54. The lowest BCUT2D eigenvalue weighted by atomic mass is 9.83. The minimum atomic E-state index is -0.662. The normalized spacial score (nSPS) is 16.5. The van der Waals surface area contributed by atoms with Gasteiger partial charge in [0.1, 0.15) is 11.2 Å². The maximum Gasteiger partial charge on any atom is 0.136 e. The maximum atomic E-state index is 9.71. The largest absolute Gasteiger partial charge is 0.456 e. The summed E-state index contributed by atoms with van der Waals surface area (Å²) in [5.41, 5.74) is -0.480. The number of rotatable bonds is 4. The average molecular weight is 640 g/mol. The molecule has 0 N–H and O–H groups in total. The molecule has 1 nitrogen and oxygen atoms in total. The van der Waals surface area contributed by atoms with E-state index >= 15 is 0 Å². The second-order valence-corrected chi connectivity index (χ2v) is 11.5. The molecule has 0 unspecified atom stereocenters. The molecular formula is C48H30O. The molecule has 1 heterocycles. The summed E-state index contributed by atoms with van der Waals surface area (Å²) in [4.78, 5) is 0. The second-order valence-electron chi connectivity index (χ2n) is 11.5. The lowest BCUT2D eigenvalue weighted by Gasteiger charge is -2.19. The lowest BCUT2D eigenvalue weighted by molar-refractivity contribution is 0.669. The molecule has 0 amide bonds. The summed E-state index contributed by atoms with van der Waals surface area (Å²) in [6.07, 6.45) is 0. The highest BCUT2D eigenvalue weighted by Crippen LogP contribution is 2.47. The quantitative estimate of drug-likeness (QED) is 0.175. The van der Waals surface area contributed by atoms with E-state index in [1.54, 1.807) is 78.9 Å². The van der Waals surface area contributed by atoms with E-state index < -0.39 is 103 Å². The number of fused-ring (bicyclic) bond motifs is 7. The summed E-state index contributed by atoms with van der Waals surface area (Å²) >= 11 is 0. The fourth-order valence-electron chi connectivity index (χ4n) is 6.61. The van der Waals surface area contributed by atoms with Gasteiger partial charge in [0, 0.05) is 10.8 Å². The van der Waals surface area contributed by atoms with Crippen LogP contribution in [-0.2, 0) is 0 Å². The lowest BCUT2D eigenvalue weighted by Crippen LogP contribution is -1.92. The van der Waals surface area contributed by atoms with E-state index in [4.69, 9.17) is 18.1 Å². The molecule has 0 atom stereocenters. The van der Waals surface area contributed by atoms with Crippen LogP contribution in [0.4, 0.5) is 0 Å². The van der Waals surface area contributed by atoms with Crippen LogP contribution in [0.3, 0.4) is 0 Å². The third kappa shape index (κ3) is 4.40. The van der Waals surface area contributed by atoms with E-state index in [-0.39, 0.29) is 71.7 Å². The Morgan fingerprint density at radius 2 is 0.959 bits per heavy atom. The van der Waals surface area contributed by atoms with Crippen LogP contribution in [0.5, 0.6) is 0 Å². The van der Waals surface area contributed by atoms with Crippen LogP contribution in [0.1, 0.15) is 23.3 Å². The summed E-state index contributed by atoms with van der Waals surface area (Å²) in [5, 5.41) is 0.693. The zero-order valence-electron chi connectivity index (χ0n) is 42.4. The summed E-state index contributed by atoms with van der Waals surface area (Å²) in [6, 6.07) is 12.8. The van der Waals surface area contributed by atoms with Crippen molar-refractivity contribution >= 4 is 54.3 Å². The van der Waals surface area contributed by atoms with E-state index in [1.807, 2.05) is 0 Å². The average Bonchev–Trinajstić information content (AvgIpc) is 3.73. The van der Waals surface area contributed by atoms with Crippen molar-refractivity contribution in [3.8, 4) is 44.5 Å². The Hall–Kier alpha value is -6.44. The van der Waals surface area contributed by atoms with E-state index in [1.165, 1.54) is 0 Å². The van der Waals surface area contributed by atoms with Crippen molar-refractivity contribution in [2.75, 3.05) is 0 Å². The van der Waals surface area contributed by atoms with Crippen molar-refractivity contribution in [1.29, 1.82) is 0 Å². The van der Waals surface area contributed by atoms with Crippen molar-refractivity contribution in [2.45, 2.75) is 0 Å². The predicted molar refractivity (Wildman–Crippen MR) is 208 cm³/mol. The molecule has 0 aliphatic rings. The second kappa shape index (κ2) is 11.1. The molecule has 9 aromatic carbocycles. The molecule has 10 aromatic rings. The summed E-state index contributed by atoms with van der Waals surface area (Å²) in [7, 11) is 0.